The lowest BCUT2D eigenvalue weighted by molar-refractivity contribution is -0.384. The van der Waals surface area contributed by atoms with Crippen LogP contribution in [-0.4, -0.2) is 34.9 Å². The maximum Gasteiger partial charge on any atom is 0.293 e. The summed E-state index contributed by atoms with van der Waals surface area (Å²) < 4.78 is 0. The van der Waals surface area contributed by atoms with E-state index in [1.807, 2.05) is 27.3 Å². The Kier molecular flexibility index (Phi) is 4.63. The smallest absolute Gasteiger partial charge is 0.293 e. The number of anilines is 1. The molecule has 7 heteroatoms. The van der Waals surface area contributed by atoms with Crippen LogP contribution >= 0.6 is 11.3 Å². The average molecular weight is 371 g/mol. The second-order valence-corrected chi connectivity index (χ2v) is 7.93. The minimum Gasteiger partial charge on any atom is -0.366 e. The highest BCUT2D eigenvalue weighted by Gasteiger charge is 2.34. The summed E-state index contributed by atoms with van der Waals surface area (Å²) >= 11 is 1.63. The van der Waals surface area contributed by atoms with Gasteiger partial charge in [0.2, 0.25) is 0 Å². The molecule has 2 heterocycles. The van der Waals surface area contributed by atoms with Crippen molar-refractivity contribution in [1.29, 1.82) is 0 Å². The number of carbonyl (C=O) groups excluding carboxylic acids is 1. The summed E-state index contributed by atoms with van der Waals surface area (Å²) in [6.45, 7) is 2.24. The van der Waals surface area contributed by atoms with E-state index in [1.165, 1.54) is 6.07 Å². The molecule has 0 radical (unpaired) electrons. The summed E-state index contributed by atoms with van der Waals surface area (Å²) in [7, 11) is 0. The first-order valence-electron chi connectivity index (χ1n) is 9.00. The molecule has 1 aliphatic carbocycles. The molecule has 1 aliphatic heterocycles. The Morgan fingerprint density at radius 2 is 2.04 bits per heavy atom. The van der Waals surface area contributed by atoms with Crippen LogP contribution in [0.3, 0.4) is 0 Å². The van der Waals surface area contributed by atoms with Gasteiger partial charge in [-0.1, -0.05) is 6.07 Å². The van der Waals surface area contributed by atoms with Crippen LogP contribution in [-0.2, 0) is 6.54 Å². The lowest BCUT2D eigenvalue weighted by Gasteiger charge is -2.23. The summed E-state index contributed by atoms with van der Waals surface area (Å²) in [6, 6.07) is 9.19. The highest BCUT2D eigenvalue weighted by molar-refractivity contribution is 7.09. The van der Waals surface area contributed by atoms with Crippen molar-refractivity contribution in [2.24, 2.45) is 0 Å². The number of carbonyl (C=O) groups is 1. The van der Waals surface area contributed by atoms with Gasteiger partial charge in [0.25, 0.3) is 11.6 Å². The maximum absolute atomic E-state index is 13.1. The molecule has 0 bridgehead atoms. The largest absolute Gasteiger partial charge is 0.366 e. The Morgan fingerprint density at radius 3 is 2.65 bits per heavy atom. The third-order valence-corrected chi connectivity index (χ3v) is 5.88. The molecule has 4 rings (SSSR count). The molecule has 2 aliphatic rings. The molecule has 0 unspecified atom stereocenters. The van der Waals surface area contributed by atoms with Crippen LogP contribution in [0.15, 0.2) is 35.7 Å². The van der Waals surface area contributed by atoms with Crippen LogP contribution < -0.4 is 4.90 Å². The molecule has 1 aromatic carbocycles. The molecule has 2 aromatic rings. The molecule has 136 valence electrons. The second-order valence-electron chi connectivity index (χ2n) is 6.90. The molecule has 0 spiro atoms. The first-order chi connectivity index (χ1) is 12.6. The number of nitro groups is 1. The summed E-state index contributed by atoms with van der Waals surface area (Å²) in [5.74, 6) is -0.114. The van der Waals surface area contributed by atoms with Gasteiger partial charge >= 0.3 is 0 Å². The first-order valence-corrected chi connectivity index (χ1v) is 9.88. The van der Waals surface area contributed by atoms with Crippen LogP contribution in [0, 0.1) is 10.1 Å². The van der Waals surface area contributed by atoms with Crippen molar-refractivity contribution in [3.8, 4) is 0 Å². The van der Waals surface area contributed by atoms with E-state index in [0.717, 1.165) is 43.6 Å². The van der Waals surface area contributed by atoms with Crippen molar-refractivity contribution in [2.75, 3.05) is 18.0 Å². The van der Waals surface area contributed by atoms with Crippen LogP contribution in [0.4, 0.5) is 11.4 Å². The van der Waals surface area contributed by atoms with Gasteiger partial charge in [-0.05, 0) is 49.3 Å². The van der Waals surface area contributed by atoms with Gasteiger partial charge < -0.3 is 9.80 Å². The summed E-state index contributed by atoms with van der Waals surface area (Å²) in [5, 5.41) is 13.6. The third kappa shape index (κ3) is 3.44. The van der Waals surface area contributed by atoms with Gasteiger partial charge in [-0.25, -0.2) is 0 Å². The van der Waals surface area contributed by atoms with E-state index >= 15 is 0 Å². The highest BCUT2D eigenvalue weighted by atomic mass is 32.1. The monoisotopic (exact) mass is 371 g/mol. The molecule has 1 saturated heterocycles. The molecule has 0 atom stereocenters. The number of nitro benzene ring substituents is 1. The Bertz CT molecular complexity index is 811. The topological polar surface area (TPSA) is 66.7 Å². The Morgan fingerprint density at radius 1 is 1.27 bits per heavy atom. The van der Waals surface area contributed by atoms with E-state index in [2.05, 4.69) is 0 Å². The summed E-state index contributed by atoms with van der Waals surface area (Å²) in [5.41, 5.74) is 1.06. The number of amides is 1. The fourth-order valence-corrected chi connectivity index (χ4v) is 4.22. The van der Waals surface area contributed by atoms with Crippen molar-refractivity contribution < 1.29 is 9.72 Å². The third-order valence-electron chi connectivity index (χ3n) is 5.02. The number of hydrogen-bond donors (Lipinski definition) is 0. The Labute approximate surface area is 156 Å². The van der Waals surface area contributed by atoms with Crippen LogP contribution in [0.5, 0.6) is 0 Å². The molecule has 1 amide bonds. The van der Waals surface area contributed by atoms with Crippen LogP contribution in [0.1, 0.15) is 40.9 Å². The predicted molar refractivity (Wildman–Crippen MR) is 102 cm³/mol. The predicted octanol–water partition coefficient (Wildman–Crippen LogP) is 4.06. The van der Waals surface area contributed by atoms with Crippen molar-refractivity contribution >= 4 is 28.6 Å². The van der Waals surface area contributed by atoms with Gasteiger partial charge in [0.15, 0.2) is 0 Å². The lowest BCUT2D eigenvalue weighted by atomic mass is 10.1. The van der Waals surface area contributed by atoms with Gasteiger partial charge in [-0.3, -0.25) is 14.9 Å². The Hall–Kier alpha value is -2.41. The second kappa shape index (κ2) is 7.07. The fourth-order valence-electron chi connectivity index (χ4n) is 3.52. The van der Waals surface area contributed by atoms with E-state index in [0.29, 0.717) is 17.8 Å². The average Bonchev–Trinajstić information content (AvgIpc) is 3.12. The first kappa shape index (κ1) is 17.0. The maximum atomic E-state index is 13.1. The SMILES string of the molecule is O=C(c1ccc(N2CCCC2)c([N+](=O)[O-])c1)N(Cc1cccs1)C1CC1. The minimum absolute atomic E-state index is 0.0321. The van der Waals surface area contributed by atoms with E-state index in [9.17, 15) is 14.9 Å². The molecule has 1 aromatic heterocycles. The summed E-state index contributed by atoms with van der Waals surface area (Å²) in [6.07, 6.45) is 4.11. The summed E-state index contributed by atoms with van der Waals surface area (Å²) in [4.78, 5) is 29.3. The standard InChI is InChI=1S/C19H21N3O3S/c23-19(21(15-6-7-15)13-16-4-3-11-26-16)14-5-8-17(18(12-14)22(24)25)20-9-1-2-10-20/h3-5,8,11-12,15H,1-2,6-7,9-10,13H2. The van der Waals surface area contributed by atoms with Crippen molar-refractivity contribution in [1.82, 2.24) is 4.90 Å². The van der Waals surface area contributed by atoms with Gasteiger partial charge in [0.1, 0.15) is 5.69 Å². The fraction of sp³-hybridized carbons (Fsp3) is 0.421. The van der Waals surface area contributed by atoms with Gasteiger partial charge in [-0.2, -0.15) is 0 Å². The number of nitrogens with zero attached hydrogens (tertiary/aromatic N) is 3. The molecule has 1 saturated carbocycles. The molecule has 0 N–H and O–H groups in total. The van der Waals surface area contributed by atoms with Crippen molar-refractivity contribution in [2.45, 2.75) is 38.3 Å². The van der Waals surface area contributed by atoms with E-state index in [-0.39, 0.29) is 22.6 Å². The quantitative estimate of drug-likeness (QED) is 0.567. The van der Waals surface area contributed by atoms with Gasteiger partial charge in [0.05, 0.1) is 11.5 Å². The lowest BCUT2D eigenvalue weighted by Crippen LogP contribution is -2.32. The molecule has 26 heavy (non-hydrogen) atoms. The van der Waals surface area contributed by atoms with Gasteiger partial charge in [-0.15, -0.1) is 11.3 Å². The zero-order chi connectivity index (χ0) is 18.1. The Balaban J connectivity index is 1.62. The van der Waals surface area contributed by atoms with Crippen LogP contribution in [0.2, 0.25) is 0 Å². The normalized spacial score (nSPS) is 16.7. The molecular weight excluding hydrogens is 350 g/mol. The number of hydrogen-bond acceptors (Lipinski definition) is 5. The molecule has 2 fully saturated rings. The van der Waals surface area contributed by atoms with Crippen molar-refractivity contribution in [3.63, 3.8) is 0 Å². The number of rotatable bonds is 6. The molecule has 6 nitrogen and oxygen atoms in total. The van der Waals surface area contributed by atoms with Gasteiger partial charge in [0, 0.05) is 35.6 Å². The van der Waals surface area contributed by atoms with E-state index in [4.69, 9.17) is 0 Å². The zero-order valence-corrected chi connectivity index (χ0v) is 15.3. The zero-order valence-electron chi connectivity index (χ0n) is 14.5. The van der Waals surface area contributed by atoms with E-state index < -0.39 is 0 Å². The van der Waals surface area contributed by atoms with Crippen LogP contribution in [0.25, 0.3) is 0 Å². The van der Waals surface area contributed by atoms with E-state index in [1.54, 1.807) is 23.5 Å². The molecular formula is C19H21N3O3S. The minimum atomic E-state index is -0.370. The number of benzene rings is 1. The highest BCUT2D eigenvalue weighted by Crippen LogP contribution is 2.34. The number of thiophene rings is 1. The van der Waals surface area contributed by atoms with Crippen molar-refractivity contribution in [3.05, 3.63) is 56.3 Å².